The molecule has 22 heavy (non-hydrogen) atoms. The van der Waals surface area contributed by atoms with Crippen molar-refractivity contribution in [2.75, 3.05) is 0 Å². The quantitative estimate of drug-likeness (QED) is 0.733. The number of nitrogens with one attached hydrogen (secondary N) is 1. The molecule has 2 heteroatoms. The second-order valence-corrected chi connectivity index (χ2v) is 6.26. The zero-order valence-corrected chi connectivity index (χ0v) is 13.6. The predicted molar refractivity (Wildman–Crippen MR) is 94.2 cm³/mol. The number of aryl methyl sites for hydroxylation is 1. The molecule has 114 valence electrons. The average Bonchev–Trinajstić information content (AvgIpc) is 2.86. The summed E-state index contributed by atoms with van der Waals surface area (Å²) in [5.41, 5.74) is 5.41. The molecule has 0 saturated carbocycles. The van der Waals surface area contributed by atoms with Gasteiger partial charge in [-0.2, -0.15) is 0 Å². The van der Waals surface area contributed by atoms with Crippen molar-refractivity contribution in [3.05, 3.63) is 71.4 Å². The number of nitrogens with zero attached hydrogens (tertiary/aromatic N) is 1. The topological polar surface area (TPSA) is 17.0 Å². The lowest BCUT2D eigenvalue weighted by Gasteiger charge is -2.08. The van der Waals surface area contributed by atoms with Crippen LogP contribution in [0.2, 0.25) is 0 Å². The van der Waals surface area contributed by atoms with Crippen LogP contribution in [0.5, 0.6) is 0 Å². The van der Waals surface area contributed by atoms with Gasteiger partial charge in [0.05, 0.1) is 0 Å². The summed E-state index contributed by atoms with van der Waals surface area (Å²) in [5, 5.41) is 4.88. The monoisotopic (exact) mass is 292 g/mol. The molecule has 1 heterocycles. The first-order valence-corrected chi connectivity index (χ1v) is 8.00. The molecule has 2 nitrogen and oxygen atoms in total. The van der Waals surface area contributed by atoms with Crippen LogP contribution in [0.15, 0.2) is 54.7 Å². The highest BCUT2D eigenvalue weighted by Gasteiger charge is 2.09. The largest absolute Gasteiger partial charge is 0.343 e. The third-order valence-corrected chi connectivity index (χ3v) is 4.17. The van der Waals surface area contributed by atoms with Crippen LogP contribution in [-0.2, 0) is 13.1 Å². The molecule has 0 aliphatic rings. The van der Waals surface area contributed by atoms with E-state index in [0.29, 0.717) is 6.04 Å². The summed E-state index contributed by atoms with van der Waals surface area (Å²) in [4.78, 5) is 0. The molecule has 0 aliphatic heterocycles. The predicted octanol–water partition coefficient (Wildman–Crippen LogP) is 4.50. The van der Waals surface area contributed by atoms with Crippen molar-refractivity contribution in [2.24, 2.45) is 0 Å². The van der Waals surface area contributed by atoms with E-state index in [1.807, 2.05) is 0 Å². The van der Waals surface area contributed by atoms with Gasteiger partial charge in [0, 0.05) is 36.2 Å². The Balaban J connectivity index is 1.97. The molecule has 0 radical (unpaired) electrons. The van der Waals surface area contributed by atoms with Crippen molar-refractivity contribution in [1.29, 1.82) is 0 Å². The van der Waals surface area contributed by atoms with Gasteiger partial charge in [-0.1, -0.05) is 56.3 Å². The van der Waals surface area contributed by atoms with Crippen LogP contribution in [0, 0.1) is 6.92 Å². The summed E-state index contributed by atoms with van der Waals surface area (Å²) in [6.07, 6.45) is 2.30. The molecule has 0 amide bonds. The fraction of sp³-hybridized carbons (Fsp3) is 0.300. The number of para-hydroxylation sites is 1. The first kappa shape index (κ1) is 14.9. The number of benzene rings is 2. The molecule has 0 bridgehead atoms. The Morgan fingerprint density at radius 2 is 1.68 bits per heavy atom. The minimum absolute atomic E-state index is 0.499. The van der Waals surface area contributed by atoms with Crippen molar-refractivity contribution in [3.63, 3.8) is 0 Å². The van der Waals surface area contributed by atoms with Crippen molar-refractivity contribution in [2.45, 2.75) is 39.9 Å². The number of aromatic nitrogens is 1. The fourth-order valence-electron chi connectivity index (χ4n) is 2.88. The van der Waals surface area contributed by atoms with Crippen LogP contribution in [0.3, 0.4) is 0 Å². The van der Waals surface area contributed by atoms with Crippen LogP contribution in [-0.4, -0.2) is 10.6 Å². The Labute approximate surface area is 132 Å². The lowest BCUT2D eigenvalue weighted by molar-refractivity contribution is 0.589. The Morgan fingerprint density at radius 1 is 0.955 bits per heavy atom. The molecular formula is C20H24N2. The van der Waals surface area contributed by atoms with E-state index in [4.69, 9.17) is 0 Å². The molecule has 0 saturated heterocycles. The van der Waals surface area contributed by atoms with Gasteiger partial charge in [0.1, 0.15) is 0 Å². The maximum absolute atomic E-state index is 3.53. The minimum atomic E-state index is 0.499. The van der Waals surface area contributed by atoms with Crippen LogP contribution in [0.1, 0.15) is 30.5 Å². The molecule has 0 fully saturated rings. The Morgan fingerprint density at radius 3 is 2.45 bits per heavy atom. The smallest absolute Gasteiger partial charge is 0.0486 e. The van der Waals surface area contributed by atoms with E-state index in [1.54, 1.807) is 0 Å². The Bertz CT molecular complexity index is 768. The highest BCUT2D eigenvalue weighted by molar-refractivity contribution is 5.84. The molecule has 3 rings (SSSR count). The van der Waals surface area contributed by atoms with Gasteiger partial charge in [-0.05, 0) is 29.7 Å². The SMILES string of the molecule is Cc1ccccc1Cn1cc(CNC(C)C)c2ccccc21. The molecule has 1 N–H and O–H groups in total. The summed E-state index contributed by atoms with van der Waals surface area (Å²) in [6, 6.07) is 17.8. The average molecular weight is 292 g/mol. The third kappa shape index (κ3) is 3.07. The summed E-state index contributed by atoms with van der Waals surface area (Å²) in [5.74, 6) is 0. The van der Waals surface area contributed by atoms with E-state index in [2.05, 4.69) is 85.4 Å². The molecule has 0 unspecified atom stereocenters. The van der Waals surface area contributed by atoms with Crippen molar-refractivity contribution < 1.29 is 0 Å². The Hall–Kier alpha value is -2.06. The van der Waals surface area contributed by atoms with Crippen LogP contribution in [0.25, 0.3) is 10.9 Å². The van der Waals surface area contributed by atoms with Gasteiger partial charge in [-0.3, -0.25) is 0 Å². The molecule has 0 atom stereocenters. The van der Waals surface area contributed by atoms with Crippen molar-refractivity contribution in [3.8, 4) is 0 Å². The van der Waals surface area contributed by atoms with Gasteiger partial charge in [-0.25, -0.2) is 0 Å². The van der Waals surface area contributed by atoms with Gasteiger partial charge in [0.25, 0.3) is 0 Å². The first-order chi connectivity index (χ1) is 10.6. The fourth-order valence-corrected chi connectivity index (χ4v) is 2.88. The number of hydrogen-bond acceptors (Lipinski definition) is 1. The lowest BCUT2D eigenvalue weighted by atomic mass is 10.1. The van der Waals surface area contributed by atoms with Gasteiger partial charge < -0.3 is 9.88 Å². The van der Waals surface area contributed by atoms with Crippen LogP contribution < -0.4 is 5.32 Å². The van der Waals surface area contributed by atoms with E-state index in [1.165, 1.54) is 27.6 Å². The molecule has 1 aromatic heterocycles. The second-order valence-electron chi connectivity index (χ2n) is 6.26. The zero-order chi connectivity index (χ0) is 15.5. The molecule has 2 aromatic carbocycles. The first-order valence-electron chi connectivity index (χ1n) is 8.00. The summed E-state index contributed by atoms with van der Waals surface area (Å²) >= 11 is 0. The second kappa shape index (κ2) is 6.37. The molecular weight excluding hydrogens is 268 g/mol. The zero-order valence-electron chi connectivity index (χ0n) is 13.6. The number of rotatable bonds is 5. The highest BCUT2D eigenvalue weighted by atomic mass is 15.0. The number of fused-ring (bicyclic) bond motifs is 1. The highest BCUT2D eigenvalue weighted by Crippen LogP contribution is 2.23. The van der Waals surface area contributed by atoms with E-state index in [-0.39, 0.29) is 0 Å². The third-order valence-electron chi connectivity index (χ3n) is 4.17. The van der Waals surface area contributed by atoms with Crippen LogP contribution >= 0.6 is 0 Å². The summed E-state index contributed by atoms with van der Waals surface area (Å²) in [6.45, 7) is 8.40. The van der Waals surface area contributed by atoms with Gasteiger partial charge in [0.2, 0.25) is 0 Å². The summed E-state index contributed by atoms with van der Waals surface area (Å²) < 4.78 is 2.37. The van der Waals surface area contributed by atoms with E-state index in [0.717, 1.165) is 13.1 Å². The van der Waals surface area contributed by atoms with Gasteiger partial charge in [-0.15, -0.1) is 0 Å². The summed E-state index contributed by atoms with van der Waals surface area (Å²) in [7, 11) is 0. The van der Waals surface area contributed by atoms with Gasteiger partial charge in [0.15, 0.2) is 0 Å². The van der Waals surface area contributed by atoms with E-state index < -0.39 is 0 Å². The van der Waals surface area contributed by atoms with Crippen molar-refractivity contribution in [1.82, 2.24) is 9.88 Å². The standard InChI is InChI=1S/C20H24N2/c1-15(2)21-12-18-14-22(20-11-7-6-10-19(18)20)13-17-9-5-4-8-16(17)3/h4-11,14-15,21H,12-13H2,1-3H3. The molecule has 0 aliphatic carbocycles. The maximum Gasteiger partial charge on any atom is 0.0486 e. The van der Waals surface area contributed by atoms with E-state index >= 15 is 0 Å². The molecule has 3 aromatic rings. The molecule has 0 spiro atoms. The minimum Gasteiger partial charge on any atom is -0.343 e. The van der Waals surface area contributed by atoms with Crippen LogP contribution in [0.4, 0.5) is 0 Å². The number of hydrogen-bond donors (Lipinski definition) is 1. The Kier molecular flexibility index (Phi) is 4.30. The van der Waals surface area contributed by atoms with Crippen molar-refractivity contribution >= 4 is 10.9 Å². The normalized spacial score (nSPS) is 11.5. The lowest BCUT2D eigenvalue weighted by Crippen LogP contribution is -2.21. The van der Waals surface area contributed by atoms with E-state index in [9.17, 15) is 0 Å². The van der Waals surface area contributed by atoms with Gasteiger partial charge >= 0.3 is 0 Å². The maximum atomic E-state index is 3.53.